The fraction of sp³-hybridized carbons (Fsp3) is 0.684. The van der Waals surface area contributed by atoms with E-state index in [0.29, 0.717) is 5.41 Å². The first-order valence-electron chi connectivity index (χ1n) is 8.53. The molecule has 2 saturated carbocycles. The molecule has 0 radical (unpaired) electrons. The van der Waals surface area contributed by atoms with Gasteiger partial charge in [0.1, 0.15) is 0 Å². The molecular weight excluding hydrogens is 322 g/mol. The maximum Gasteiger partial charge on any atom is 0.0207 e. The van der Waals surface area contributed by atoms with E-state index in [4.69, 9.17) is 0 Å². The second kappa shape index (κ2) is 6.42. The lowest BCUT2D eigenvalue weighted by atomic mass is 9.69. The first-order valence-corrected chi connectivity index (χ1v) is 9.32. The van der Waals surface area contributed by atoms with Crippen molar-refractivity contribution in [3.63, 3.8) is 0 Å². The highest BCUT2D eigenvalue weighted by Crippen LogP contribution is 2.57. The maximum atomic E-state index is 3.78. The summed E-state index contributed by atoms with van der Waals surface area (Å²) < 4.78 is 1.29. The van der Waals surface area contributed by atoms with Gasteiger partial charge in [0.15, 0.2) is 0 Å². The van der Waals surface area contributed by atoms with E-state index in [2.05, 4.69) is 59.4 Å². The molecule has 116 valence electrons. The Bertz CT molecular complexity index is 484. The van der Waals surface area contributed by atoms with Crippen LogP contribution in [0.1, 0.15) is 45.1 Å². The minimum absolute atomic E-state index is 0.502. The Hall–Kier alpha value is -0.340. The maximum absolute atomic E-state index is 3.78. The van der Waals surface area contributed by atoms with Crippen molar-refractivity contribution >= 4 is 15.9 Å². The highest BCUT2D eigenvalue weighted by atomic mass is 79.9. The zero-order chi connectivity index (χ0) is 14.9. The van der Waals surface area contributed by atoms with Crippen LogP contribution in [0.15, 0.2) is 28.7 Å². The number of benzene rings is 1. The Morgan fingerprint density at radius 2 is 2.10 bits per heavy atom. The molecule has 3 atom stereocenters. The summed E-state index contributed by atoms with van der Waals surface area (Å²) >= 11 is 3.75. The lowest BCUT2D eigenvalue weighted by Gasteiger charge is -2.39. The van der Waals surface area contributed by atoms with Gasteiger partial charge in [0.05, 0.1) is 0 Å². The van der Waals surface area contributed by atoms with Crippen LogP contribution in [0.25, 0.3) is 0 Å². The molecule has 3 rings (SSSR count). The van der Waals surface area contributed by atoms with Gasteiger partial charge in [0.2, 0.25) is 0 Å². The van der Waals surface area contributed by atoms with Gasteiger partial charge >= 0.3 is 0 Å². The van der Waals surface area contributed by atoms with E-state index in [-0.39, 0.29) is 0 Å². The number of hydrogen-bond donors (Lipinski definition) is 1. The summed E-state index contributed by atoms with van der Waals surface area (Å²) in [7, 11) is 0. The predicted octanol–water partition coefficient (Wildman–Crippen LogP) is 5.04. The van der Waals surface area contributed by atoms with Crippen molar-refractivity contribution in [3.8, 4) is 0 Å². The molecular formula is C19H28BrN. The average molecular weight is 350 g/mol. The van der Waals surface area contributed by atoms with E-state index in [1.165, 1.54) is 48.7 Å². The predicted molar refractivity (Wildman–Crippen MR) is 93.4 cm³/mol. The molecule has 0 amide bonds. The van der Waals surface area contributed by atoms with E-state index < -0.39 is 0 Å². The van der Waals surface area contributed by atoms with Crippen molar-refractivity contribution in [1.82, 2.24) is 5.32 Å². The Morgan fingerprint density at radius 1 is 1.29 bits per heavy atom. The van der Waals surface area contributed by atoms with Crippen LogP contribution in [0, 0.1) is 23.2 Å². The van der Waals surface area contributed by atoms with Crippen LogP contribution < -0.4 is 5.32 Å². The van der Waals surface area contributed by atoms with Crippen LogP contribution in [0.4, 0.5) is 0 Å². The van der Waals surface area contributed by atoms with E-state index in [1.54, 1.807) is 0 Å². The third kappa shape index (κ3) is 3.37. The highest BCUT2D eigenvalue weighted by Gasteiger charge is 2.50. The fourth-order valence-electron chi connectivity index (χ4n) is 4.68. The zero-order valence-corrected chi connectivity index (χ0v) is 15.0. The number of nitrogens with one attached hydrogen (secondary N) is 1. The number of rotatable bonds is 6. The quantitative estimate of drug-likeness (QED) is 0.758. The molecule has 2 aliphatic carbocycles. The molecule has 21 heavy (non-hydrogen) atoms. The molecule has 3 unspecified atom stereocenters. The lowest BCUT2D eigenvalue weighted by molar-refractivity contribution is 0.154. The van der Waals surface area contributed by atoms with Crippen molar-refractivity contribution in [2.75, 3.05) is 13.1 Å². The normalized spacial score (nSPS) is 31.2. The van der Waals surface area contributed by atoms with Crippen LogP contribution in [0.2, 0.25) is 0 Å². The molecule has 0 aliphatic heterocycles. The summed E-state index contributed by atoms with van der Waals surface area (Å²) in [4.78, 5) is 0. The number of fused-ring (bicyclic) bond motifs is 2. The molecule has 1 N–H and O–H groups in total. The van der Waals surface area contributed by atoms with Crippen molar-refractivity contribution in [1.29, 1.82) is 0 Å². The summed E-state index contributed by atoms with van der Waals surface area (Å²) in [5.74, 6) is 2.68. The molecule has 2 bridgehead atoms. The van der Waals surface area contributed by atoms with Crippen molar-refractivity contribution in [2.45, 2.75) is 46.0 Å². The largest absolute Gasteiger partial charge is 0.316 e. The smallest absolute Gasteiger partial charge is 0.0207 e. The third-order valence-electron chi connectivity index (χ3n) is 5.63. The molecule has 2 aliphatic rings. The van der Waals surface area contributed by atoms with Crippen LogP contribution in [0.3, 0.4) is 0 Å². The van der Waals surface area contributed by atoms with Gasteiger partial charge in [-0.05, 0) is 67.0 Å². The summed E-state index contributed by atoms with van der Waals surface area (Å²) in [5.41, 5.74) is 2.00. The van der Waals surface area contributed by atoms with Gasteiger partial charge in [-0.25, -0.2) is 0 Å². The van der Waals surface area contributed by atoms with Crippen LogP contribution in [-0.4, -0.2) is 13.1 Å². The Balaban J connectivity index is 1.75. The molecule has 0 spiro atoms. The minimum atomic E-state index is 0.502. The molecule has 2 fully saturated rings. The summed E-state index contributed by atoms with van der Waals surface area (Å²) in [5, 5.41) is 3.78. The van der Waals surface area contributed by atoms with Crippen molar-refractivity contribution in [3.05, 3.63) is 34.3 Å². The molecule has 1 nitrogen and oxygen atoms in total. The van der Waals surface area contributed by atoms with Crippen LogP contribution >= 0.6 is 15.9 Å². The van der Waals surface area contributed by atoms with Crippen LogP contribution in [-0.2, 0) is 6.42 Å². The molecule has 0 heterocycles. The lowest BCUT2D eigenvalue weighted by Crippen LogP contribution is -2.41. The van der Waals surface area contributed by atoms with Gasteiger partial charge in [-0.1, -0.05) is 54.4 Å². The van der Waals surface area contributed by atoms with Crippen molar-refractivity contribution in [2.24, 2.45) is 23.2 Å². The minimum Gasteiger partial charge on any atom is -0.316 e. The van der Waals surface area contributed by atoms with E-state index >= 15 is 0 Å². The molecule has 0 aromatic heterocycles. The molecule has 1 aromatic carbocycles. The first kappa shape index (κ1) is 15.6. The van der Waals surface area contributed by atoms with Gasteiger partial charge in [-0.2, -0.15) is 0 Å². The Kier molecular flexibility index (Phi) is 4.75. The molecule has 0 saturated heterocycles. The summed E-state index contributed by atoms with van der Waals surface area (Å²) in [6.07, 6.45) is 7.09. The van der Waals surface area contributed by atoms with Gasteiger partial charge < -0.3 is 5.32 Å². The van der Waals surface area contributed by atoms with Crippen LogP contribution in [0.5, 0.6) is 0 Å². The first-order chi connectivity index (χ1) is 10.1. The van der Waals surface area contributed by atoms with Gasteiger partial charge in [0, 0.05) is 11.0 Å². The molecule has 2 heteroatoms. The Labute approximate surface area is 138 Å². The topological polar surface area (TPSA) is 12.0 Å². The standard InChI is InChI=1S/C19H28BrN/c1-14(2)12-21-13-19(10-15-7-8-17(19)9-15)11-16-5-3-4-6-18(16)20/h3-6,14-15,17,21H,7-13H2,1-2H3. The zero-order valence-electron chi connectivity index (χ0n) is 13.4. The number of halogens is 1. The molecule has 1 aromatic rings. The SMILES string of the molecule is CC(C)CNCC1(Cc2ccccc2Br)CC2CCC1C2. The second-order valence-corrected chi connectivity index (χ2v) is 8.59. The Morgan fingerprint density at radius 3 is 2.71 bits per heavy atom. The van der Waals surface area contributed by atoms with Gasteiger partial charge in [-0.3, -0.25) is 0 Å². The third-order valence-corrected chi connectivity index (χ3v) is 6.41. The van der Waals surface area contributed by atoms with Crippen molar-refractivity contribution < 1.29 is 0 Å². The number of hydrogen-bond acceptors (Lipinski definition) is 1. The summed E-state index contributed by atoms with van der Waals surface area (Å²) in [6, 6.07) is 8.80. The van der Waals surface area contributed by atoms with E-state index in [0.717, 1.165) is 24.3 Å². The summed E-state index contributed by atoms with van der Waals surface area (Å²) in [6.45, 7) is 6.95. The monoisotopic (exact) mass is 349 g/mol. The average Bonchev–Trinajstić information content (AvgIpc) is 3.02. The fourth-order valence-corrected chi connectivity index (χ4v) is 5.11. The second-order valence-electron chi connectivity index (χ2n) is 7.74. The van der Waals surface area contributed by atoms with E-state index in [9.17, 15) is 0 Å². The highest BCUT2D eigenvalue weighted by molar-refractivity contribution is 9.10. The van der Waals surface area contributed by atoms with Gasteiger partial charge in [-0.15, -0.1) is 0 Å². The van der Waals surface area contributed by atoms with Gasteiger partial charge in [0.25, 0.3) is 0 Å². The van der Waals surface area contributed by atoms with E-state index in [1.807, 2.05) is 0 Å².